The van der Waals surface area contributed by atoms with Gasteiger partial charge in [0.1, 0.15) is 5.75 Å². The van der Waals surface area contributed by atoms with Gasteiger partial charge in [-0.1, -0.05) is 26.0 Å². The van der Waals surface area contributed by atoms with E-state index in [-0.39, 0.29) is 17.8 Å². The van der Waals surface area contributed by atoms with Gasteiger partial charge in [-0.2, -0.15) is 0 Å². The van der Waals surface area contributed by atoms with E-state index in [9.17, 15) is 4.79 Å². The van der Waals surface area contributed by atoms with Crippen LogP contribution >= 0.6 is 0 Å². The van der Waals surface area contributed by atoms with Crippen molar-refractivity contribution in [2.75, 3.05) is 13.7 Å². The fourth-order valence-electron chi connectivity index (χ4n) is 1.86. The zero-order chi connectivity index (χ0) is 13.5. The Morgan fingerprint density at radius 2 is 1.83 bits per heavy atom. The summed E-state index contributed by atoms with van der Waals surface area (Å²) in [5.74, 6) is 0.906. The van der Waals surface area contributed by atoms with Crippen LogP contribution in [0.1, 0.15) is 26.3 Å². The summed E-state index contributed by atoms with van der Waals surface area (Å²) in [7, 11) is 1.64. The van der Waals surface area contributed by atoms with Crippen LogP contribution in [0.3, 0.4) is 0 Å². The van der Waals surface area contributed by atoms with Gasteiger partial charge >= 0.3 is 5.97 Å². The molecule has 0 radical (unpaired) electrons. The molecular weight excluding hydrogens is 228 g/mol. The number of carbonyl (C=O) groups is 1. The van der Waals surface area contributed by atoms with Gasteiger partial charge in [-0.15, -0.1) is 0 Å². The average molecular weight is 250 g/mol. The molecule has 1 rings (SSSR count). The van der Waals surface area contributed by atoms with Crippen molar-refractivity contribution in [2.24, 2.45) is 11.8 Å². The molecule has 0 heterocycles. The molecule has 0 aliphatic heterocycles. The third-order valence-corrected chi connectivity index (χ3v) is 3.01. The number of methoxy groups -OCH3 is 1. The predicted molar refractivity (Wildman–Crippen MR) is 71.7 cm³/mol. The standard InChI is InChI=1S/C15H22O3/c1-5-18-15(16)14(11(2)3)10-12-6-8-13(17-4)9-7-12/h6-9,11,14H,5,10H2,1-4H3/t14-/m0/s1. The zero-order valence-corrected chi connectivity index (χ0v) is 11.6. The minimum absolute atomic E-state index is 0.0849. The summed E-state index contributed by atoms with van der Waals surface area (Å²) in [6.07, 6.45) is 0.709. The van der Waals surface area contributed by atoms with Crippen molar-refractivity contribution in [1.82, 2.24) is 0 Å². The molecule has 0 amide bonds. The lowest BCUT2D eigenvalue weighted by Crippen LogP contribution is -2.25. The van der Waals surface area contributed by atoms with Crippen molar-refractivity contribution in [3.8, 4) is 5.75 Å². The van der Waals surface area contributed by atoms with Gasteiger partial charge in [-0.05, 0) is 37.0 Å². The maximum atomic E-state index is 11.9. The Bertz CT molecular complexity index is 368. The second-order valence-electron chi connectivity index (χ2n) is 4.65. The molecule has 1 aromatic carbocycles. The van der Waals surface area contributed by atoms with E-state index in [2.05, 4.69) is 0 Å². The summed E-state index contributed by atoms with van der Waals surface area (Å²) in [5, 5.41) is 0. The fourth-order valence-corrected chi connectivity index (χ4v) is 1.86. The molecule has 3 nitrogen and oxygen atoms in total. The molecule has 3 heteroatoms. The molecule has 0 bridgehead atoms. The van der Waals surface area contributed by atoms with Gasteiger partial charge in [0.2, 0.25) is 0 Å². The Balaban J connectivity index is 2.73. The van der Waals surface area contributed by atoms with Gasteiger partial charge in [0, 0.05) is 0 Å². The minimum Gasteiger partial charge on any atom is -0.497 e. The molecule has 0 N–H and O–H groups in total. The van der Waals surface area contributed by atoms with Crippen LogP contribution in [-0.4, -0.2) is 19.7 Å². The predicted octanol–water partition coefficient (Wildman–Crippen LogP) is 3.07. The monoisotopic (exact) mass is 250 g/mol. The number of ether oxygens (including phenoxy) is 2. The van der Waals surface area contributed by atoms with E-state index in [1.165, 1.54) is 0 Å². The van der Waals surface area contributed by atoms with Gasteiger partial charge in [0.15, 0.2) is 0 Å². The fraction of sp³-hybridized carbons (Fsp3) is 0.533. The smallest absolute Gasteiger partial charge is 0.309 e. The first-order valence-corrected chi connectivity index (χ1v) is 6.38. The van der Waals surface area contributed by atoms with Crippen molar-refractivity contribution in [3.05, 3.63) is 29.8 Å². The van der Waals surface area contributed by atoms with E-state index in [1.807, 2.05) is 45.0 Å². The third kappa shape index (κ3) is 4.06. The lowest BCUT2D eigenvalue weighted by atomic mass is 9.89. The minimum atomic E-state index is -0.108. The summed E-state index contributed by atoms with van der Waals surface area (Å²) in [6, 6.07) is 7.82. The summed E-state index contributed by atoms with van der Waals surface area (Å²) in [6.45, 7) is 6.36. The van der Waals surface area contributed by atoms with Gasteiger partial charge in [-0.25, -0.2) is 0 Å². The van der Waals surface area contributed by atoms with Crippen molar-refractivity contribution >= 4 is 5.97 Å². The molecule has 0 saturated heterocycles. The normalized spacial score (nSPS) is 12.3. The van der Waals surface area contributed by atoms with Crippen LogP contribution in [-0.2, 0) is 16.0 Å². The summed E-state index contributed by atoms with van der Waals surface area (Å²) in [4.78, 5) is 11.9. The molecule has 0 spiro atoms. The zero-order valence-electron chi connectivity index (χ0n) is 11.6. The highest BCUT2D eigenvalue weighted by Crippen LogP contribution is 2.20. The number of carbonyl (C=O) groups excluding carboxylic acids is 1. The van der Waals surface area contributed by atoms with Gasteiger partial charge in [0.25, 0.3) is 0 Å². The molecule has 1 aromatic rings. The van der Waals surface area contributed by atoms with E-state index in [0.29, 0.717) is 13.0 Å². The first-order chi connectivity index (χ1) is 8.58. The van der Waals surface area contributed by atoms with Crippen LogP contribution in [0.4, 0.5) is 0 Å². The summed E-state index contributed by atoms with van der Waals surface area (Å²) in [5.41, 5.74) is 1.13. The van der Waals surface area contributed by atoms with Crippen molar-refractivity contribution in [2.45, 2.75) is 27.2 Å². The highest BCUT2D eigenvalue weighted by molar-refractivity contribution is 5.73. The van der Waals surface area contributed by atoms with E-state index in [4.69, 9.17) is 9.47 Å². The van der Waals surface area contributed by atoms with E-state index < -0.39 is 0 Å². The number of hydrogen-bond donors (Lipinski definition) is 0. The molecule has 18 heavy (non-hydrogen) atoms. The molecular formula is C15H22O3. The summed E-state index contributed by atoms with van der Waals surface area (Å²) >= 11 is 0. The van der Waals surface area contributed by atoms with Crippen molar-refractivity contribution in [1.29, 1.82) is 0 Å². The maximum absolute atomic E-state index is 11.9. The van der Waals surface area contributed by atoms with Gasteiger partial charge < -0.3 is 9.47 Å². The molecule has 0 aromatic heterocycles. The van der Waals surface area contributed by atoms with Crippen LogP contribution in [0.25, 0.3) is 0 Å². The quantitative estimate of drug-likeness (QED) is 0.728. The summed E-state index contributed by atoms with van der Waals surface area (Å²) < 4.78 is 10.2. The van der Waals surface area contributed by atoms with Crippen molar-refractivity contribution < 1.29 is 14.3 Å². The van der Waals surface area contributed by atoms with Crippen molar-refractivity contribution in [3.63, 3.8) is 0 Å². The van der Waals surface area contributed by atoms with Crippen LogP contribution in [0.15, 0.2) is 24.3 Å². The highest BCUT2D eigenvalue weighted by atomic mass is 16.5. The Labute approximate surface area is 109 Å². The van der Waals surface area contributed by atoms with E-state index in [1.54, 1.807) is 7.11 Å². The molecule has 0 fully saturated rings. The van der Waals surface area contributed by atoms with Gasteiger partial charge in [0.05, 0.1) is 19.6 Å². The second kappa shape index (κ2) is 7.04. The Kier molecular flexibility index (Phi) is 5.69. The molecule has 100 valence electrons. The Hall–Kier alpha value is -1.51. The molecule has 0 unspecified atom stereocenters. The van der Waals surface area contributed by atoms with Crippen LogP contribution in [0.2, 0.25) is 0 Å². The largest absolute Gasteiger partial charge is 0.497 e. The first kappa shape index (κ1) is 14.6. The van der Waals surface area contributed by atoms with E-state index in [0.717, 1.165) is 11.3 Å². The molecule has 1 atom stereocenters. The lowest BCUT2D eigenvalue weighted by molar-refractivity contribution is -0.149. The maximum Gasteiger partial charge on any atom is 0.309 e. The third-order valence-electron chi connectivity index (χ3n) is 3.01. The molecule has 0 aliphatic carbocycles. The highest BCUT2D eigenvalue weighted by Gasteiger charge is 2.23. The SMILES string of the molecule is CCOC(=O)[C@@H](Cc1ccc(OC)cc1)C(C)C. The Morgan fingerprint density at radius 3 is 2.28 bits per heavy atom. The van der Waals surface area contributed by atoms with E-state index >= 15 is 0 Å². The average Bonchev–Trinajstić information content (AvgIpc) is 2.36. The Morgan fingerprint density at radius 1 is 1.22 bits per heavy atom. The topological polar surface area (TPSA) is 35.5 Å². The van der Waals surface area contributed by atoms with Gasteiger partial charge in [-0.3, -0.25) is 4.79 Å². The number of benzene rings is 1. The molecule has 0 aliphatic rings. The number of hydrogen-bond acceptors (Lipinski definition) is 3. The molecule has 0 saturated carbocycles. The lowest BCUT2D eigenvalue weighted by Gasteiger charge is -2.19. The first-order valence-electron chi connectivity index (χ1n) is 6.38. The number of esters is 1. The number of rotatable bonds is 6. The van der Waals surface area contributed by atoms with Crippen LogP contribution in [0.5, 0.6) is 5.75 Å². The second-order valence-corrected chi connectivity index (χ2v) is 4.65. The van der Waals surface area contributed by atoms with Crippen LogP contribution in [0, 0.1) is 11.8 Å². The van der Waals surface area contributed by atoms with Crippen LogP contribution < -0.4 is 4.74 Å².